The number of aromatic amines is 1. The van der Waals surface area contributed by atoms with Gasteiger partial charge in [0.25, 0.3) is 11.1 Å². The van der Waals surface area contributed by atoms with Crippen molar-refractivity contribution in [2.75, 3.05) is 14.2 Å². The van der Waals surface area contributed by atoms with Gasteiger partial charge in [-0.05, 0) is 37.6 Å². The van der Waals surface area contributed by atoms with Crippen molar-refractivity contribution in [1.82, 2.24) is 19.3 Å². The molecule has 0 aliphatic heterocycles. The zero-order valence-electron chi connectivity index (χ0n) is 19.8. The fourth-order valence-electron chi connectivity index (χ4n) is 3.90. The average Bonchev–Trinajstić information content (AvgIpc) is 3.19. The van der Waals surface area contributed by atoms with Gasteiger partial charge >= 0.3 is 0 Å². The van der Waals surface area contributed by atoms with Crippen LogP contribution in [-0.4, -0.2) is 33.6 Å². The van der Waals surface area contributed by atoms with E-state index in [-0.39, 0.29) is 28.7 Å². The van der Waals surface area contributed by atoms with Crippen LogP contribution in [0.15, 0.2) is 82.1 Å². The Morgan fingerprint density at radius 2 is 1.91 bits per heavy atom. The molecule has 4 rings (SSSR count). The van der Waals surface area contributed by atoms with Crippen molar-refractivity contribution in [3.63, 3.8) is 0 Å². The van der Waals surface area contributed by atoms with Gasteiger partial charge in [-0.1, -0.05) is 18.2 Å². The third-order valence-electron chi connectivity index (χ3n) is 5.71. The van der Waals surface area contributed by atoms with Crippen molar-refractivity contribution in [3.05, 3.63) is 104 Å². The average molecular weight is 477 g/mol. The molecule has 0 aliphatic carbocycles. The Kier molecular flexibility index (Phi) is 6.68. The van der Waals surface area contributed by atoms with E-state index in [1.54, 1.807) is 49.6 Å². The van der Waals surface area contributed by atoms with Crippen LogP contribution in [0.25, 0.3) is 22.2 Å². The van der Waals surface area contributed by atoms with E-state index < -0.39 is 16.9 Å². The van der Waals surface area contributed by atoms with E-state index in [4.69, 9.17) is 9.47 Å². The second-order valence-corrected chi connectivity index (χ2v) is 7.92. The summed E-state index contributed by atoms with van der Waals surface area (Å²) in [7, 11) is 2.94. The lowest BCUT2D eigenvalue weighted by Crippen LogP contribution is -2.25. The van der Waals surface area contributed by atoms with Crippen LogP contribution in [0, 0.1) is 0 Å². The molecule has 1 aromatic carbocycles. The van der Waals surface area contributed by atoms with Gasteiger partial charge in [-0.25, -0.2) is 9.07 Å². The predicted octanol–water partition coefficient (Wildman–Crippen LogP) is 4.18. The summed E-state index contributed by atoms with van der Waals surface area (Å²) < 4.78 is 28.5. The topological polar surface area (TPSA) is 91.1 Å². The minimum Gasteiger partial charge on any atom is -0.501 e. The number of nitrogens with zero attached hydrogens (tertiary/aromatic N) is 3. The van der Waals surface area contributed by atoms with Crippen LogP contribution in [0.4, 0.5) is 4.39 Å². The Bertz CT molecular complexity index is 1560. The second kappa shape index (κ2) is 9.84. The van der Waals surface area contributed by atoms with Gasteiger partial charge in [-0.2, -0.15) is 0 Å². The van der Waals surface area contributed by atoms with E-state index in [2.05, 4.69) is 10.1 Å². The lowest BCUT2D eigenvalue weighted by atomic mass is 10.1. The van der Waals surface area contributed by atoms with E-state index in [1.807, 2.05) is 6.07 Å². The van der Waals surface area contributed by atoms with E-state index in [0.29, 0.717) is 17.2 Å². The number of aromatic nitrogens is 4. The molecule has 0 saturated carbocycles. The number of pyridine rings is 2. The monoisotopic (exact) mass is 476 g/mol. The van der Waals surface area contributed by atoms with E-state index >= 15 is 4.39 Å². The molecule has 0 bridgehead atoms. The molecule has 0 spiro atoms. The highest BCUT2D eigenvalue weighted by atomic mass is 19.1. The van der Waals surface area contributed by atoms with Gasteiger partial charge in [0.05, 0.1) is 43.1 Å². The molecule has 3 aromatic heterocycles. The van der Waals surface area contributed by atoms with Crippen LogP contribution >= 0.6 is 0 Å². The summed E-state index contributed by atoms with van der Waals surface area (Å²) >= 11 is 0. The maximum absolute atomic E-state index is 15.3. The van der Waals surface area contributed by atoms with Gasteiger partial charge in [0, 0.05) is 30.1 Å². The minimum absolute atomic E-state index is 0.106. The molecule has 180 valence electrons. The zero-order chi connectivity index (χ0) is 25.1. The molecule has 0 amide bonds. The summed E-state index contributed by atoms with van der Waals surface area (Å²) in [4.78, 5) is 31.0. The van der Waals surface area contributed by atoms with Gasteiger partial charge in [0.2, 0.25) is 0 Å². The van der Waals surface area contributed by atoms with Gasteiger partial charge in [0.1, 0.15) is 17.3 Å². The van der Waals surface area contributed by atoms with E-state index in [9.17, 15) is 9.59 Å². The molecular weight excluding hydrogens is 451 g/mol. The zero-order valence-corrected chi connectivity index (χ0v) is 19.8. The Labute approximate surface area is 200 Å². The second-order valence-electron chi connectivity index (χ2n) is 7.92. The first-order chi connectivity index (χ1) is 16.8. The molecule has 35 heavy (non-hydrogen) atoms. The molecule has 0 fully saturated rings. The number of halogens is 1. The van der Waals surface area contributed by atoms with E-state index in [0.717, 1.165) is 5.56 Å². The molecule has 0 atom stereocenters. The number of nitrogens with one attached hydrogen (secondary N) is 1. The largest absolute Gasteiger partial charge is 0.501 e. The predicted molar refractivity (Wildman–Crippen MR) is 133 cm³/mol. The first-order valence-electron chi connectivity index (χ1n) is 10.9. The van der Waals surface area contributed by atoms with E-state index in [1.165, 1.54) is 42.5 Å². The van der Waals surface area contributed by atoms with Crippen molar-refractivity contribution in [1.29, 1.82) is 0 Å². The first-order valence-corrected chi connectivity index (χ1v) is 10.9. The Morgan fingerprint density at radius 3 is 2.60 bits per heavy atom. The van der Waals surface area contributed by atoms with Gasteiger partial charge in [-0.3, -0.25) is 19.7 Å². The maximum atomic E-state index is 15.3. The van der Waals surface area contributed by atoms with Gasteiger partial charge in [0.15, 0.2) is 0 Å². The Balaban J connectivity index is 2.08. The number of fused-ring (bicyclic) bond motifs is 1. The molecule has 3 heterocycles. The molecule has 4 aromatic rings. The summed E-state index contributed by atoms with van der Waals surface area (Å²) in [5, 5.41) is 3.16. The van der Waals surface area contributed by atoms with Crippen LogP contribution in [0.3, 0.4) is 0 Å². The highest BCUT2D eigenvalue weighted by Gasteiger charge is 2.22. The molecule has 0 saturated heterocycles. The molecule has 8 nitrogen and oxygen atoms in total. The number of allylic oxidation sites excluding steroid dienone is 4. The SMILES string of the molecule is CO/C(C)=C/C(F)=C(\C)c1c2c(=O)n(-c3ccccc3OC)[nH]c2cc(=O)n1Cc1cccnc1. The summed E-state index contributed by atoms with van der Waals surface area (Å²) in [6.45, 7) is 3.25. The third kappa shape index (κ3) is 4.52. The van der Waals surface area contributed by atoms with Crippen molar-refractivity contribution in [3.8, 4) is 11.4 Å². The molecular formula is C26H25FN4O4. The number of hydrogen-bond donors (Lipinski definition) is 1. The Hall–Kier alpha value is -4.40. The fraction of sp³-hybridized carbons (Fsp3) is 0.192. The summed E-state index contributed by atoms with van der Waals surface area (Å²) in [6.07, 6.45) is 4.46. The number of ether oxygens (including phenoxy) is 2. The van der Waals surface area contributed by atoms with Crippen LogP contribution in [0.1, 0.15) is 25.1 Å². The first kappa shape index (κ1) is 23.7. The Morgan fingerprint density at radius 1 is 1.14 bits per heavy atom. The van der Waals surface area contributed by atoms with Crippen LogP contribution in [0.5, 0.6) is 5.75 Å². The summed E-state index contributed by atoms with van der Waals surface area (Å²) in [5.74, 6) is 0.182. The summed E-state index contributed by atoms with van der Waals surface area (Å²) in [5.41, 5.74) is 0.921. The molecule has 9 heteroatoms. The molecule has 0 aliphatic rings. The number of benzene rings is 1. The van der Waals surface area contributed by atoms with Crippen LogP contribution in [-0.2, 0) is 11.3 Å². The van der Waals surface area contributed by atoms with Crippen molar-refractivity contribution < 1.29 is 13.9 Å². The fourth-order valence-corrected chi connectivity index (χ4v) is 3.90. The van der Waals surface area contributed by atoms with Gasteiger partial charge < -0.3 is 14.0 Å². The van der Waals surface area contributed by atoms with Gasteiger partial charge in [-0.15, -0.1) is 0 Å². The normalized spacial score (nSPS) is 12.5. The number of H-pyrrole nitrogens is 1. The number of methoxy groups -OCH3 is 2. The maximum Gasteiger partial charge on any atom is 0.281 e. The van der Waals surface area contributed by atoms with Crippen LogP contribution in [0.2, 0.25) is 0 Å². The number of hydrogen-bond acceptors (Lipinski definition) is 5. The highest BCUT2D eigenvalue weighted by Crippen LogP contribution is 2.28. The molecule has 0 radical (unpaired) electrons. The smallest absolute Gasteiger partial charge is 0.281 e. The number of rotatable bonds is 7. The van der Waals surface area contributed by atoms with Crippen molar-refractivity contribution >= 4 is 16.5 Å². The standard InChI is InChI=1S/C26H25FN4O4/c1-16(34-3)12-19(27)17(2)25-24-20(13-23(32)30(25)15-18-8-7-11-28-14-18)29-31(26(24)33)21-9-5-6-10-22(21)35-4/h5-14,29H,15H2,1-4H3/b16-12+,19-17-. The quantitative estimate of drug-likeness (QED) is 0.319. The van der Waals surface area contributed by atoms with Crippen LogP contribution < -0.4 is 15.9 Å². The highest BCUT2D eigenvalue weighted by molar-refractivity contribution is 5.90. The third-order valence-corrected chi connectivity index (χ3v) is 5.71. The molecule has 0 unspecified atom stereocenters. The molecule has 1 N–H and O–H groups in total. The minimum atomic E-state index is -0.624. The van der Waals surface area contributed by atoms with Crippen molar-refractivity contribution in [2.45, 2.75) is 20.4 Å². The summed E-state index contributed by atoms with van der Waals surface area (Å²) in [6, 6.07) is 11.9. The lowest BCUT2D eigenvalue weighted by Gasteiger charge is -2.14. The van der Waals surface area contributed by atoms with Crippen molar-refractivity contribution in [2.24, 2.45) is 0 Å². The lowest BCUT2D eigenvalue weighted by molar-refractivity contribution is 0.292. The number of para-hydroxylation sites is 2.